The molecule has 1 N–H and O–H groups in total. The molecule has 1 aliphatic rings. The normalized spacial score (nSPS) is 29.2. The minimum atomic E-state index is 0.266. The molecular weight excluding hydrogens is 277 g/mol. The smallest absolute Gasteiger partial charge is 0.0468 e. The molecule has 4 atom stereocenters. The molecule has 4 unspecified atom stereocenters. The van der Waals surface area contributed by atoms with Crippen molar-refractivity contribution in [3.63, 3.8) is 0 Å². The van der Waals surface area contributed by atoms with E-state index in [0.717, 1.165) is 22.4 Å². The van der Waals surface area contributed by atoms with E-state index >= 15 is 0 Å². The number of hydrogen-bond acceptors (Lipinski definition) is 1. The zero-order chi connectivity index (χ0) is 14.0. The Kier molecular flexibility index (Phi) is 5.16. The molecular formula is C16H23Cl2N. The predicted octanol–water partition coefficient (Wildman–Crippen LogP) is 5.47. The molecule has 1 saturated carbocycles. The maximum absolute atomic E-state index is 6.28. The van der Waals surface area contributed by atoms with Crippen molar-refractivity contribution >= 4 is 23.2 Å². The van der Waals surface area contributed by atoms with Crippen molar-refractivity contribution in [2.24, 2.45) is 11.8 Å². The van der Waals surface area contributed by atoms with Gasteiger partial charge in [-0.3, -0.25) is 0 Å². The van der Waals surface area contributed by atoms with E-state index in [0.29, 0.717) is 11.1 Å². The Bertz CT molecular complexity index is 433. The Balaban J connectivity index is 2.05. The summed E-state index contributed by atoms with van der Waals surface area (Å²) in [4.78, 5) is 0. The lowest BCUT2D eigenvalue weighted by Gasteiger charge is -2.35. The third kappa shape index (κ3) is 3.87. The number of rotatable bonds is 3. The van der Waals surface area contributed by atoms with Gasteiger partial charge in [0.2, 0.25) is 0 Å². The maximum atomic E-state index is 6.28. The van der Waals surface area contributed by atoms with Crippen LogP contribution in [-0.2, 0) is 0 Å². The van der Waals surface area contributed by atoms with E-state index in [-0.39, 0.29) is 6.04 Å². The number of benzene rings is 1. The Hall–Kier alpha value is -0.240. The molecule has 0 radical (unpaired) electrons. The van der Waals surface area contributed by atoms with Gasteiger partial charge in [0.1, 0.15) is 0 Å². The van der Waals surface area contributed by atoms with Crippen LogP contribution in [0.2, 0.25) is 10.0 Å². The summed E-state index contributed by atoms with van der Waals surface area (Å²) in [5, 5.41) is 5.20. The molecule has 0 bridgehead atoms. The molecule has 1 aromatic rings. The first-order valence-electron chi connectivity index (χ1n) is 7.18. The second kappa shape index (κ2) is 6.47. The predicted molar refractivity (Wildman–Crippen MR) is 84.0 cm³/mol. The van der Waals surface area contributed by atoms with Crippen LogP contribution in [-0.4, -0.2) is 6.04 Å². The van der Waals surface area contributed by atoms with E-state index < -0.39 is 0 Å². The average molecular weight is 300 g/mol. The van der Waals surface area contributed by atoms with E-state index in [1.54, 1.807) is 0 Å². The molecule has 1 nitrogen and oxygen atoms in total. The minimum Gasteiger partial charge on any atom is -0.307 e. The molecule has 2 rings (SSSR count). The Morgan fingerprint density at radius 2 is 1.95 bits per heavy atom. The van der Waals surface area contributed by atoms with Crippen molar-refractivity contribution in [3.05, 3.63) is 33.8 Å². The van der Waals surface area contributed by atoms with Gasteiger partial charge in [-0.15, -0.1) is 0 Å². The van der Waals surface area contributed by atoms with Gasteiger partial charge in [-0.2, -0.15) is 0 Å². The van der Waals surface area contributed by atoms with Gasteiger partial charge in [0.05, 0.1) is 0 Å². The molecule has 0 spiro atoms. The van der Waals surface area contributed by atoms with Gasteiger partial charge in [0.15, 0.2) is 0 Å². The lowest BCUT2D eigenvalue weighted by Crippen LogP contribution is -2.40. The van der Waals surface area contributed by atoms with Gasteiger partial charge in [0.25, 0.3) is 0 Å². The van der Waals surface area contributed by atoms with Crippen molar-refractivity contribution in [2.45, 2.75) is 52.1 Å². The molecule has 0 saturated heterocycles. The SMILES string of the molecule is CC1CCC(C)C(NC(C)c2ccc(Cl)cc2Cl)C1. The first kappa shape index (κ1) is 15.2. The summed E-state index contributed by atoms with van der Waals surface area (Å²) < 4.78 is 0. The average Bonchev–Trinajstić information content (AvgIpc) is 2.33. The molecule has 106 valence electrons. The zero-order valence-electron chi connectivity index (χ0n) is 11.9. The van der Waals surface area contributed by atoms with Crippen LogP contribution in [0.4, 0.5) is 0 Å². The maximum Gasteiger partial charge on any atom is 0.0468 e. The largest absolute Gasteiger partial charge is 0.307 e. The number of hydrogen-bond donors (Lipinski definition) is 1. The summed E-state index contributed by atoms with van der Waals surface area (Å²) in [5.74, 6) is 1.56. The second-order valence-electron chi connectivity index (χ2n) is 6.06. The fourth-order valence-corrected chi connectivity index (χ4v) is 3.60. The van der Waals surface area contributed by atoms with Crippen LogP contribution in [0.3, 0.4) is 0 Å². The standard InChI is InChI=1S/C16H23Cl2N/c1-10-4-5-11(2)16(8-10)19-12(3)14-7-6-13(17)9-15(14)18/h6-7,9-12,16,19H,4-5,8H2,1-3H3. The molecule has 0 heterocycles. The highest BCUT2D eigenvalue weighted by molar-refractivity contribution is 6.35. The van der Waals surface area contributed by atoms with Crippen LogP contribution < -0.4 is 5.32 Å². The fraction of sp³-hybridized carbons (Fsp3) is 0.625. The summed E-state index contributed by atoms with van der Waals surface area (Å²) in [7, 11) is 0. The summed E-state index contributed by atoms with van der Waals surface area (Å²) in [6.07, 6.45) is 3.94. The summed E-state index contributed by atoms with van der Waals surface area (Å²) >= 11 is 12.2. The molecule has 1 fully saturated rings. The third-order valence-electron chi connectivity index (χ3n) is 4.35. The van der Waals surface area contributed by atoms with Gasteiger partial charge in [-0.05, 0) is 49.3 Å². The zero-order valence-corrected chi connectivity index (χ0v) is 13.4. The number of halogens is 2. The van der Waals surface area contributed by atoms with Crippen LogP contribution in [0.5, 0.6) is 0 Å². The summed E-state index contributed by atoms with van der Waals surface area (Å²) in [6, 6.07) is 6.62. The van der Waals surface area contributed by atoms with Gasteiger partial charge in [-0.1, -0.05) is 49.5 Å². The lowest BCUT2D eigenvalue weighted by molar-refractivity contribution is 0.216. The fourth-order valence-electron chi connectivity index (χ4n) is 3.03. The molecule has 1 aromatic carbocycles. The summed E-state index contributed by atoms with van der Waals surface area (Å²) in [5.41, 5.74) is 1.14. The first-order chi connectivity index (χ1) is 8.97. The van der Waals surface area contributed by atoms with Gasteiger partial charge < -0.3 is 5.32 Å². The van der Waals surface area contributed by atoms with E-state index in [9.17, 15) is 0 Å². The van der Waals surface area contributed by atoms with Crippen LogP contribution in [0, 0.1) is 11.8 Å². The topological polar surface area (TPSA) is 12.0 Å². The first-order valence-corrected chi connectivity index (χ1v) is 7.94. The van der Waals surface area contributed by atoms with E-state index in [1.807, 2.05) is 18.2 Å². The van der Waals surface area contributed by atoms with Crippen LogP contribution in [0.25, 0.3) is 0 Å². The lowest BCUT2D eigenvalue weighted by atomic mass is 9.79. The highest BCUT2D eigenvalue weighted by Gasteiger charge is 2.26. The van der Waals surface area contributed by atoms with Crippen molar-refractivity contribution in [3.8, 4) is 0 Å². The van der Waals surface area contributed by atoms with Crippen molar-refractivity contribution in [1.82, 2.24) is 5.32 Å². The van der Waals surface area contributed by atoms with Crippen LogP contribution >= 0.6 is 23.2 Å². The Morgan fingerprint density at radius 3 is 2.63 bits per heavy atom. The highest BCUT2D eigenvalue weighted by Crippen LogP contribution is 2.32. The number of nitrogens with one attached hydrogen (secondary N) is 1. The molecule has 0 amide bonds. The monoisotopic (exact) mass is 299 g/mol. The Morgan fingerprint density at radius 1 is 1.21 bits per heavy atom. The van der Waals surface area contributed by atoms with Gasteiger partial charge in [-0.25, -0.2) is 0 Å². The van der Waals surface area contributed by atoms with Crippen molar-refractivity contribution in [2.75, 3.05) is 0 Å². The molecule has 19 heavy (non-hydrogen) atoms. The molecule has 3 heteroatoms. The van der Waals surface area contributed by atoms with Crippen LogP contribution in [0.1, 0.15) is 51.6 Å². The van der Waals surface area contributed by atoms with Gasteiger partial charge in [0, 0.05) is 22.1 Å². The van der Waals surface area contributed by atoms with E-state index in [2.05, 4.69) is 26.1 Å². The third-order valence-corrected chi connectivity index (χ3v) is 4.91. The second-order valence-corrected chi connectivity index (χ2v) is 6.90. The minimum absolute atomic E-state index is 0.266. The van der Waals surface area contributed by atoms with E-state index in [4.69, 9.17) is 23.2 Å². The van der Waals surface area contributed by atoms with Crippen LogP contribution in [0.15, 0.2) is 18.2 Å². The van der Waals surface area contributed by atoms with Gasteiger partial charge >= 0.3 is 0 Å². The van der Waals surface area contributed by atoms with E-state index in [1.165, 1.54) is 19.3 Å². The van der Waals surface area contributed by atoms with Crippen molar-refractivity contribution in [1.29, 1.82) is 0 Å². The molecule has 1 aliphatic carbocycles. The van der Waals surface area contributed by atoms with Crippen molar-refractivity contribution < 1.29 is 0 Å². The summed E-state index contributed by atoms with van der Waals surface area (Å²) in [6.45, 7) is 6.88. The molecule has 0 aromatic heterocycles. The quantitative estimate of drug-likeness (QED) is 0.780. The Labute approximate surface area is 126 Å². The highest BCUT2D eigenvalue weighted by atomic mass is 35.5. The molecule has 0 aliphatic heterocycles.